The molecule has 3 aromatic rings. The summed E-state index contributed by atoms with van der Waals surface area (Å²) < 4.78 is 47.5. The van der Waals surface area contributed by atoms with Crippen LogP contribution in [0.25, 0.3) is 0 Å². The van der Waals surface area contributed by atoms with Gasteiger partial charge in [-0.3, -0.25) is 5.32 Å². The molecule has 0 saturated heterocycles. The zero-order valence-electron chi connectivity index (χ0n) is 22.9. The smallest absolute Gasteiger partial charge is 0.416 e. The van der Waals surface area contributed by atoms with Crippen LogP contribution in [0.1, 0.15) is 30.0 Å². The van der Waals surface area contributed by atoms with E-state index in [1.165, 1.54) is 18.2 Å². The second-order valence-electron chi connectivity index (χ2n) is 9.54. The van der Waals surface area contributed by atoms with E-state index in [1.54, 1.807) is 24.4 Å². The van der Waals surface area contributed by atoms with E-state index < -0.39 is 23.9 Å². The summed E-state index contributed by atoms with van der Waals surface area (Å²) in [5, 5.41) is 16.2. The Morgan fingerprint density at radius 1 is 1.00 bits per heavy atom. The highest BCUT2D eigenvalue weighted by Crippen LogP contribution is 2.35. The fourth-order valence-electron chi connectivity index (χ4n) is 4.26. The number of benzene rings is 2. The van der Waals surface area contributed by atoms with Gasteiger partial charge in [0.1, 0.15) is 17.9 Å². The Hall–Kier alpha value is -5.01. The number of carbonyl (C=O) groups is 2. The van der Waals surface area contributed by atoms with Gasteiger partial charge >= 0.3 is 18.3 Å². The summed E-state index contributed by atoms with van der Waals surface area (Å²) in [6.45, 7) is 3.34. The summed E-state index contributed by atoms with van der Waals surface area (Å²) in [6.07, 6.45) is 0.136. The van der Waals surface area contributed by atoms with Gasteiger partial charge in [0.2, 0.25) is 5.88 Å². The standard InChI is InChI=1S/C28H30F3N7O4/c1-3-4-18-13-21(42-25-15-24(32-17-33-25)36-27(40)41)7-8-23(18)35-26(39)34-20-6-5-19(22(14-20)28(29,30)31)16-38-11-9-37(2)10-12-38/h5-9,11,13-15,17H,3-4,10,12,16H2,1-2H3,(H,40,41)(H,32,33,36)(H2,34,35,39). The largest absolute Gasteiger partial charge is 0.465 e. The van der Waals surface area contributed by atoms with Gasteiger partial charge in [-0.15, -0.1) is 0 Å². The number of amides is 3. The third kappa shape index (κ3) is 8.25. The van der Waals surface area contributed by atoms with E-state index in [1.807, 2.05) is 30.0 Å². The van der Waals surface area contributed by atoms with E-state index in [4.69, 9.17) is 9.84 Å². The number of ether oxygens (including phenoxy) is 1. The first-order valence-corrected chi connectivity index (χ1v) is 13.0. The third-order valence-electron chi connectivity index (χ3n) is 6.26. The zero-order chi connectivity index (χ0) is 30.3. The molecule has 2 aromatic carbocycles. The molecule has 1 aliphatic rings. The van der Waals surface area contributed by atoms with Gasteiger partial charge in [-0.2, -0.15) is 13.2 Å². The molecule has 42 heavy (non-hydrogen) atoms. The van der Waals surface area contributed by atoms with Crippen molar-refractivity contribution in [2.24, 2.45) is 0 Å². The predicted molar refractivity (Wildman–Crippen MR) is 150 cm³/mol. The maximum Gasteiger partial charge on any atom is 0.416 e. The molecule has 0 spiro atoms. The number of nitrogens with one attached hydrogen (secondary N) is 3. The monoisotopic (exact) mass is 585 g/mol. The molecule has 0 fully saturated rings. The number of halogens is 3. The van der Waals surface area contributed by atoms with Crippen molar-refractivity contribution in [1.29, 1.82) is 0 Å². The van der Waals surface area contributed by atoms with Crippen molar-refractivity contribution in [2.45, 2.75) is 32.5 Å². The van der Waals surface area contributed by atoms with Crippen LogP contribution in [0.3, 0.4) is 0 Å². The first-order valence-electron chi connectivity index (χ1n) is 13.0. The molecule has 14 heteroatoms. The average molecular weight is 586 g/mol. The van der Waals surface area contributed by atoms with E-state index in [0.29, 0.717) is 30.9 Å². The summed E-state index contributed by atoms with van der Waals surface area (Å²) in [5.74, 6) is 0.515. The second-order valence-corrected chi connectivity index (χ2v) is 9.54. The molecular formula is C28H30F3N7O4. The SMILES string of the molecule is CCCc1cc(Oc2cc(NC(=O)O)ncn2)ccc1NC(=O)Nc1ccc(CN2C=CN(C)CC2)c(C(F)(F)F)c1. The summed E-state index contributed by atoms with van der Waals surface area (Å²) in [5.41, 5.74) is 0.469. The Morgan fingerprint density at radius 2 is 1.81 bits per heavy atom. The number of carboxylic acid groups (broad SMARTS) is 1. The van der Waals surface area contributed by atoms with Crippen molar-refractivity contribution in [3.8, 4) is 11.6 Å². The molecule has 0 radical (unpaired) electrons. The van der Waals surface area contributed by atoms with Gasteiger partial charge in [-0.25, -0.2) is 19.6 Å². The third-order valence-corrected chi connectivity index (χ3v) is 6.26. The van der Waals surface area contributed by atoms with Crippen molar-refractivity contribution in [3.63, 3.8) is 0 Å². The van der Waals surface area contributed by atoms with Gasteiger partial charge in [-0.05, 0) is 47.9 Å². The molecule has 0 atom stereocenters. The summed E-state index contributed by atoms with van der Waals surface area (Å²) in [7, 11) is 1.90. The molecule has 2 heterocycles. The second kappa shape index (κ2) is 13.1. The van der Waals surface area contributed by atoms with Crippen LogP contribution in [0.15, 0.2) is 61.2 Å². The number of aryl methyl sites for hydroxylation is 1. The summed E-state index contributed by atoms with van der Waals surface area (Å²) in [6, 6.07) is 9.24. The molecule has 3 amide bonds. The lowest BCUT2D eigenvalue weighted by Crippen LogP contribution is -2.32. The van der Waals surface area contributed by atoms with E-state index in [9.17, 15) is 22.8 Å². The minimum absolute atomic E-state index is 0.00373. The number of rotatable bonds is 9. The normalized spacial score (nSPS) is 13.1. The first kappa shape index (κ1) is 30.0. The van der Waals surface area contributed by atoms with E-state index in [-0.39, 0.29) is 29.5 Å². The number of alkyl halides is 3. The van der Waals surface area contributed by atoms with E-state index in [0.717, 1.165) is 24.4 Å². The molecule has 0 unspecified atom stereocenters. The Kier molecular flexibility index (Phi) is 9.35. The van der Waals surface area contributed by atoms with Gasteiger partial charge < -0.3 is 30.3 Å². The van der Waals surface area contributed by atoms with Crippen molar-refractivity contribution in [3.05, 3.63) is 77.9 Å². The minimum atomic E-state index is -4.60. The molecule has 0 bridgehead atoms. The van der Waals surface area contributed by atoms with Crippen molar-refractivity contribution in [2.75, 3.05) is 36.1 Å². The van der Waals surface area contributed by atoms with Crippen molar-refractivity contribution >= 4 is 29.3 Å². The van der Waals surface area contributed by atoms with Gasteiger partial charge in [0.15, 0.2) is 0 Å². The number of urea groups is 1. The lowest BCUT2D eigenvalue weighted by Gasteiger charge is -2.29. The topological polar surface area (TPSA) is 132 Å². The molecule has 1 aliphatic heterocycles. The number of carbonyl (C=O) groups excluding carboxylic acids is 1. The average Bonchev–Trinajstić information content (AvgIpc) is 2.92. The molecule has 0 saturated carbocycles. The predicted octanol–water partition coefficient (Wildman–Crippen LogP) is 6.19. The van der Waals surface area contributed by atoms with Crippen LogP contribution >= 0.6 is 0 Å². The lowest BCUT2D eigenvalue weighted by molar-refractivity contribution is -0.138. The molecule has 0 aliphatic carbocycles. The number of likely N-dealkylation sites (N-methyl/N-ethyl adjacent to an activating group) is 1. The van der Waals surface area contributed by atoms with Crippen LogP contribution < -0.4 is 20.7 Å². The Morgan fingerprint density at radius 3 is 2.50 bits per heavy atom. The highest BCUT2D eigenvalue weighted by molar-refractivity contribution is 6.00. The van der Waals surface area contributed by atoms with Crippen LogP contribution in [0.5, 0.6) is 11.6 Å². The molecule has 11 nitrogen and oxygen atoms in total. The minimum Gasteiger partial charge on any atom is -0.465 e. The van der Waals surface area contributed by atoms with Crippen LogP contribution in [0.2, 0.25) is 0 Å². The van der Waals surface area contributed by atoms with Crippen LogP contribution in [0.4, 0.5) is 40.0 Å². The van der Waals surface area contributed by atoms with Gasteiger partial charge in [0, 0.05) is 56.5 Å². The molecule has 1 aromatic heterocycles. The van der Waals surface area contributed by atoms with Crippen LogP contribution in [0, 0.1) is 0 Å². The quantitative estimate of drug-likeness (QED) is 0.234. The van der Waals surface area contributed by atoms with Crippen LogP contribution in [-0.2, 0) is 19.1 Å². The Labute approximate surface area is 240 Å². The van der Waals surface area contributed by atoms with Crippen molar-refractivity contribution in [1.82, 2.24) is 19.8 Å². The number of hydrogen-bond acceptors (Lipinski definition) is 7. The Balaban J connectivity index is 1.46. The molecule has 222 valence electrons. The van der Waals surface area contributed by atoms with E-state index in [2.05, 4.69) is 25.9 Å². The molecule has 4 N–H and O–H groups in total. The number of hydrogen-bond donors (Lipinski definition) is 4. The fraction of sp³-hybridized carbons (Fsp3) is 0.286. The Bertz CT molecular complexity index is 1470. The first-order chi connectivity index (χ1) is 20.0. The maximum absolute atomic E-state index is 13.9. The summed E-state index contributed by atoms with van der Waals surface area (Å²) >= 11 is 0. The van der Waals surface area contributed by atoms with E-state index >= 15 is 0 Å². The van der Waals surface area contributed by atoms with Gasteiger partial charge in [0.25, 0.3) is 0 Å². The number of anilines is 3. The fourth-order valence-corrected chi connectivity index (χ4v) is 4.26. The zero-order valence-corrected chi connectivity index (χ0v) is 22.9. The highest BCUT2D eigenvalue weighted by atomic mass is 19.4. The summed E-state index contributed by atoms with van der Waals surface area (Å²) in [4.78, 5) is 35.2. The van der Waals surface area contributed by atoms with Gasteiger partial charge in [0.05, 0.1) is 5.56 Å². The molecular weight excluding hydrogens is 555 g/mol. The van der Waals surface area contributed by atoms with Crippen molar-refractivity contribution < 1.29 is 32.6 Å². The number of aromatic nitrogens is 2. The van der Waals surface area contributed by atoms with Crippen LogP contribution in [-0.4, -0.2) is 57.1 Å². The number of nitrogens with zero attached hydrogens (tertiary/aromatic N) is 4. The highest BCUT2D eigenvalue weighted by Gasteiger charge is 2.34. The van der Waals surface area contributed by atoms with Gasteiger partial charge in [-0.1, -0.05) is 19.4 Å². The lowest BCUT2D eigenvalue weighted by atomic mass is 10.0. The molecule has 4 rings (SSSR count). The maximum atomic E-state index is 13.9.